The number of nitrogens with one attached hydrogen (secondary N) is 1. The third-order valence-corrected chi connectivity index (χ3v) is 2.70. The van der Waals surface area contributed by atoms with E-state index in [1.54, 1.807) is 0 Å². The number of aryl methyl sites for hydroxylation is 1. The highest BCUT2D eigenvalue weighted by Gasteiger charge is 2.08. The van der Waals surface area contributed by atoms with Gasteiger partial charge in [0.05, 0.1) is 0 Å². The fourth-order valence-corrected chi connectivity index (χ4v) is 1.92. The average molecular weight is 203 g/mol. The number of hydrogen-bond donors (Lipinski definition) is 1. The van der Waals surface area contributed by atoms with E-state index in [9.17, 15) is 0 Å². The van der Waals surface area contributed by atoms with Gasteiger partial charge in [0.1, 0.15) is 11.3 Å². The van der Waals surface area contributed by atoms with Gasteiger partial charge >= 0.3 is 0 Å². The predicted molar refractivity (Wildman–Crippen MR) is 63.2 cm³/mol. The largest absolute Gasteiger partial charge is 0.461 e. The number of furan rings is 1. The van der Waals surface area contributed by atoms with Crippen LogP contribution in [0.15, 0.2) is 28.7 Å². The monoisotopic (exact) mass is 203 g/mol. The number of fused-ring (bicyclic) bond motifs is 1. The molecule has 0 aliphatic carbocycles. The van der Waals surface area contributed by atoms with Crippen LogP contribution in [-0.2, 0) is 6.42 Å². The molecule has 0 saturated carbocycles. The highest BCUT2D eigenvalue weighted by atomic mass is 16.3. The summed E-state index contributed by atoms with van der Waals surface area (Å²) in [5.74, 6) is 1.05. The van der Waals surface area contributed by atoms with E-state index in [0.29, 0.717) is 0 Å². The van der Waals surface area contributed by atoms with Crippen molar-refractivity contribution in [3.05, 3.63) is 35.6 Å². The van der Waals surface area contributed by atoms with E-state index < -0.39 is 0 Å². The van der Waals surface area contributed by atoms with E-state index in [1.165, 1.54) is 10.9 Å². The van der Waals surface area contributed by atoms with Crippen molar-refractivity contribution in [3.8, 4) is 0 Å². The van der Waals surface area contributed by atoms with Crippen LogP contribution >= 0.6 is 0 Å². The van der Waals surface area contributed by atoms with Gasteiger partial charge in [-0.1, -0.05) is 25.1 Å². The van der Waals surface area contributed by atoms with E-state index in [1.807, 2.05) is 19.1 Å². The van der Waals surface area contributed by atoms with E-state index in [4.69, 9.17) is 4.42 Å². The molecule has 2 heteroatoms. The SMILES string of the molecule is CCNCCc1c(C)oc2ccccc12. The van der Waals surface area contributed by atoms with Crippen molar-refractivity contribution in [2.45, 2.75) is 20.3 Å². The second-order valence-electron chi connectivity index (χ2n) is 3.74. The minimum absolute atomic E-state index is 1.00. The molecule has 0 aliphatic rings. The summed E-state index contributed by atoms with van der Waals surface area (Å²) in [7, 11) is 0. The highest BCUT2D eigenvalue weighted by molar-refractivity contribution is 5.82. The van der Waals surface area contributed by atoms with Crippen molar-refractivity contribution < 1.29 is 4.42 Å². The maximum atomic E-state index is 5.70. The standard InChI is InChI=1S/C13H17NO/c1-3-14-9-8-11-10(2)15-13-7-5-4-6-12(11)13/h4-7,14H,3,8-9H2,1-2H3. The van der Waals surface area contributed by atoms with Gasteiger partial charge in [-0.25, -0.2) is 0 Å². The van der Waals surface area contributed by atoms with E-state index in [0.717, 1.165) is 30.9 Å². The molecule has 0 unspecified atom stereocenters. The summed E-state index contributed by atoms with van der Waals surface area (Å²) in [6, 6.07) is 8.24. The topological polar surface area (TPSA) is 25.2 Å². The van der Waals surface area contributed by atoms with Crippen molar-refractivity contribution >= 4 is 11.0 Å². The van der Waals surface area contributed by atoms with Crippen molar-refractivity contribution in [1.82, 2.24) is 5.32 Å². The van der Waals surface area contributed by atoms with Crippen LogP contribution in [0.2, 0.25) is 0 Å². The Morgan fingerprint density at radius 3 is 2.87 bits per heavy atom. The normalized spacial score (nSPS) is 11.1. The quantitative estimate of drug-likeness (QED) is 0.773. The first-order valence-corrected chi connectivity index (χ1v) is 5.50. The lowest BCUT2D eigenvalue weighted by molar-refractivity contribution is 0.569. The maximum absolute atomic E-state index is 5.70. The van der Waals surface area contributed by atoms with Crippen molar-refractivity contribution in [2.24, 2.45) is 0 Å². The molecule has 1 heterocycles. The fraction of sp³-hybridized carbons (Fsp3) is 0.385. The van der Waals surface area contributed by atoms with Gasteiger partial charge in [-0.2, -0.15) is 0 Å². The number of likely N-dealkylation sites (N-methyl/N-ethyl adjacent to an activating group) is 1. The molecule has 2 nitrogen and oxygen atoms in total. The minimum Gasteiger partial charge on any atom is -0.461 e. The van der Waals surface area contributed by atoms with Gasteiger partial charge in [0, 0.05) is 10.9 Å². The van der Waals surface area contributed by atoms with Crippen LogP contribution in [0.3, 0.4) is 0 Å². The molecular weight excluding hydrogens is 186 g/mol. The summed E-state index contributed by atoms with van der Waals surface area (Å²) in [5, 5.41) is 4.59. The van der Waals surface area contributed by atoms with E-state index in [-0.39, 0.29) is 0 Å². The summed E-state index contributed by atoms with van der Waals surface area (Å²) < 4.78 is 5.70. The number of benzene rings is 1. The first kappa shape index (κ1) is 10.2. The van der Waals surface area contributed by atoms with Crippen LogP contribution in [0.1, 0.15) is 18.2 Å². The summed E-state index contributed by atoms with van der Waals surface area (Å²) in [5.41, 5.74) is 2.34. The third-order valence-electron chi connectivity index (χ3n) is 2.70. The Bertz CT molecular complexity index is 445. The lowest BCUT2D eigenvalue weighted by Gasteiger charge is -2.00. The Hall–Kier alpha value is -1.28. The maximum Gasteiger partial charge on any atom is 0.134 e. The molecule has 0 atom stereocenters. The zero-order chi connectivity index (χ0) is 10.7. The molecular formula is C13H17NO. The lowest BCUT2D eigenvalue weighted by Crippen LogP contribution is -2.16. The Kier molecular flexibility index (Phi) is 3.07. The van der Waals surface area contributed by atoms with Crippen LogP contribution in [0.5, 0.6) is 0 Å². The van der Waals surface area contributed by atoms with Crippen LogP contribution in [0, 0.1) is 6.92 Å². The number of rotatable bonds is 4. The van der Waals surface area contributed by atoms with Crippen molar-refractivity contribution in [2.75, 3.05) is 13.1 Å². The zero-order valence-corrected chi connectivity index (χ0v) is 9.34. The van der Waals surface area contributed by atoms with Crippen LogP contribution in [0.4, 0.5) is 0 Å². The molecule has 0 spiro atoms. The number of hydrogen-bond acceptors (Lipinski definition) is 2. The molecule has 1 N–H and O–H groups in total. The minimum atomic E-state index is 1.00. The van der Waals surface area contributed by atoms with Gasteiger partial charge in [0.25, 0.3) is 0 Å². The zero-order valence-electron chi connectivity index (χ0n) is 9.34. The Morgan fingerprint density at radius 1 is 1.27 bits per heavy atom. The third kappa shape index (κ3) is 2.05. The van der Waals surface area contributed by atoms with Crippen LogP contribution < -0.4 is 5.32 Å². The molecule has 2 rings (SSSR count). The molecule has 0 saturated heterocycles. The van der Waals surface area contributed by atoms with Crippen molar-refractivity contribution in [1.29, 1.82) is 0 Å². The Balaban J connectivity index is 2.28. The molecule has 15 heavy (non-hydrogen) atoms. The summed E-state index contributed by atoms with van der Waals surface area (Å²) >= 11 is 0. The summed E-state index contributed by atoms with van der Waals surface area (Å²) in [4.78, 5) is 0. The van der Waals surface area contributed by atoms with Gasteiger partial charge in [-0.3, -0.25) is 0 Å². The molecule has 0 amide bonds. The van der Waals surface area contributed by atoms with Gasteiger partial charge in [-0.15, -0.1) is 0 Å². The second kappa shape index (κ2) is 4.49. The fourth-order valence-electron chi connectivity index (χ4n) is 1.92. The Morgan fingerprint density at radius 2 is 2.07 bits per heavy atom. The molecule has 1 aromatic heterocycles. The van der Waals surface area contributed by atoms with Gasteiger partial charge < -0.3 is 9.73 Å². The van der Waals surface area contributed by atoms with Crippen LogP contribution in [-0.4, -0.2) is 13.1 Å². The molecule has 80 valence electrons. The summed E-state index contributed by atoms with van der Waals surface area (Å²) in [6.45, 7) is 6.21. The molecule has 0 fully saturated rings. The second-order valence-corrected chi connectivity index (χ2v) is 3.74. The van der Waals surface area contributed by atoms with Gasteiger partial charge in [-0.05, 0) is 32.5 Å². The van der Waals surface area contributed by atoms with Crippen molar-refractivity contribution in [3.63, 3.8) is 0 Å². The van der Waals surface area contributed by atoms with Crippen LogP contribution in [0.25, 0.3) is 11.0 Å². The van der Waals surface area contributed by atoms with Gasteiger partial charge in [0.2, 0.25) is 0 Å². The number of para-hydroxylation sites is 1. The molecule has 0 bridgehead atoms. The smallest absolute Gasteiger partial charge is 0.134 e. The predicted octanol–water partition coefficient (Wildman–Crippen LogP) is 2.89. The Labute approximate surface area is 90.3 Å². The first-order chi connectivity index (χ1) is 7.33. The van der Waals surface area contributed by atoms with Gasteiger partial charge in [0.15, 0.2) is 0 Å². The molecule has 0 aliphatic heterocycles. The average Bonchev–Trinajstić information content (AvgIpc) is 2.56. The first-order valence-electron chi connectivity index (χ1n) is 5.50. The highest BCUT2D eigenvalue weighted by Crippen LogP contribution is 2.25. The lowest BCUT2D eigenvalue weighted by atomic mass is 10.1. The molecule has 2 aromatic rings. The molecule has 0 radical (unpaired) electrons. The van der Waals surface area contributed by atoms with E-state index >= 15 is 0 Å². The molecule has 1 aromatic carbocycles. The summed E-state index contributed by atoms with van der Waals surface area (Å²) in [6.07, 6.45) is 1.04. The van der Waals surface area contributed by atoms with E-state index in [2.05, 4.69) is 24.4 Å².